The fourth-order valence-electron chi connectivity index (χ4n) is 4.31. The van der Waals surface area contributed by atoms with Crippen molar-refractivity contribution < 1.29 is 27.9 Å². The lowest BCUT2D eigenvalue weighted by molar-refractivity contribution is -0.146. The van der Waals surface area contributed by atoms with Gasteiger partial charge in [-0.3, -0.25) is 4.79 Å². The summed E-state index contributed by atoms with van der Waals surface area (Å²) in [6, 6.07) is 1.52. The molecule has 8 nitrogen and oxygen atoms in total. The van der Waals surface area contributed by atoms with Crippen LogP contribution in [0.4, 0.5) is 23.8 Å². The Labute approximate surface area is 180 Å². The third kappa shape index (κ3) is 4.53. The molecule has 4 rings (SSSR count). The quantitative estimate of drug-likeness (QED) is 0.717. The zero-order chi connectivity index (χ0) is 22.6. The number of carbonyl (C=O) groups is 2. The Kier molecular flexibility index (Phi) is 5.02. The first-order valence-electron chi connectivity index (χ1n) is 9.69. The normalized spacial score (nSPS) is 18.1. The van der Waals surface area contributed by atoms with Gasteiger partial charge in [0.2, 0.25) is 5.91 Å². The van der Waals surface area contributed by atoms with Crippen molar-refractivity contribution in [3.63, 3.8) is 0 Å². The van der Waals surface area contributed by atoms with E-state index < -0.39 is 24.2 Å². The lowest BCUT2D eigenvalue weighted by Crippen LogP contribution is -2.73. The summed E-state index contributed by atoms with van der Waals surface area (Å²) >= 11 is 1.03. The van der Waals surface area contributed by atoms with Crippen molar-refractivity contribution in [1.82, 2.24) is 20.2 Å². The minimum Gasteiger partial charge on any atom is -0.465 e. The van der Waals surface area contributed by atoms with Gasteiger partial charge in [-0.1, -0.05) is 0 Å². The van der Waals surface area contributed by atoms with E-state index in [1.54, 1.807) is 18.7 Å². The third-order valence-corrected chi connectivity index (χ3v) is 6.57. The number of fused-ring (bicyclic) bond motifs is 1. The summed E-state index contributed by atoms with van der Waals surface area (Å²) < 4.78 is 38.2. The van der Waals surface area contributed by atoms with E-state index in [0.717, 1.165) is 11.3 Å². The predicted molar refractivity (Wildman–Crippen MR) is 108 cm³/mol. The van der Waals surface area contributed by atoms with Gasteiger partial charge in [-0.25, -0.2) is 14.8 Å². The summed E-state index contributed by atoms with van der Waals surface area (Å²) in [6.45, 7) is 5.78. The molecule has 2 aromatic heterocycles. The predicted octanol–water partition coefficient (Wildman–Crippen LogP) is 2.88. The van der Waals surface area contributed by atoms with E-state index in [9.17, 15) is 22.8 Å². The van der Waals surface area contributed by atoms with Crippen molar-refractivity contribution in [3.8, 4) is 0 Å². The Balaban J connectivity index is 1.36. The average Bonchev–Trinajstić information content (AvgIpc) is 2.90. The summed E-state index contributed by atoms with van der Waals surface area (Å²) in [7, 11) is 0. The second kappa shape index (κ2) is 7.21. The van der Waals surface area contributed by atoms with Crippen LogP contribution in [0, 0.1) is 5.41 Å². The number of alkyl halides is 3. The Bertz CT molecular complexity index is 1020. The van der Waals surface area contributed by atoms with Gasteiger partial charge in [0.15, 0.2) is 0 Å². The van der Waals surface area contributed by atoms with Crippen molar-refractivity contribution in [3.05, 3.63) is 17.3 Å². The first kappa shape index (κ1) is 21.6. The van der Waals surface area contributed by atoms with Crippen LogP contribution in [0.1, 0.15) is 25.1 Å². The van der Waals surface area contributed by atoms with E-state index in [1.807, 2.05) is 4.90 Å². The molecule has 2 fully saturated rings. The van der Waals surface area contributed by atoms with Gasteiger partial charge in [0.25, 0.3) is 0 Å². The summed E-state index contributed by atoms with van der Waals surface area (Å²) in [5.74, 6) is 0.513. The molecule has 0 saturated carbocycles. The van der Waals surface area contributed by atoms with Crippen molar-refractivity contribution >= 4 is 39.4 Å². The monoisotopic (exact) mass is 457 g/mol. The van der Waals surface area contributed by atoms with Crippen molar-refractivity contribution in [1.29, 1.82) is 0 Å². The maximum Gasteiger partial charge on any atom is 0.405 e. The number of carbonyl (C=O) groups excluding carboxylic acids is 1. The number of thiophene rings is 1. The van der Waals surface area contributed by atoms with Gasteiger partial charge >= 0.3 is 12.3 Å². The number of hydrogen-bond donors (Lipinski definition) is 2. The molecule has 0 bridgehead atoms. The van der Waals surface area contributed by atoms with Gasteiger partial charge in [-0.2, -0.15) is 13.2 Å². The van der Waals surface area contributed by atoms with E-state index in [0.29, 0.717) is 42.2 Å². The van der Waals surface area contributed by atoms with Crippen LogP contribution in [0.5, 0.6) is 0 Å². The van der Waals surface area contributed by atoms with Crippen LogP contribution in [0.25, 0.3) is 10.2 Å². The number of halogens is 3. The van der Waals surface area contributed by atoms with Gasteiger partial charge in [0.1, 0.15) is 17.0 Å². The maximum atomic E-state index is 12.7. The molecule has 0 aromatic carbocycles. The van der Waals surface area contributed by atoms with Gasteiger partial charge in [-0.05, 0) is 19.9 Å². The SMILES string of the molecule is CC(C)(CC(=O)N1CC2(C1)CN(c1ncnc3sc(CC(F)(F)F)cc13)C2)NC(=O)O. The highest BCUT2D eigenvalue weighted by Crippen LogP contribution is 2.44. The van der Waals surface area contributed by atoms with Crippen LogP contribution in [0.15, 0.2) is 12.4 Å². The number of hydrogen-bond acceptors (Lipinski definition) is 6. The fraction of sp³-hybridized carbons (Fsp3) is 0.579. The van der Waals surface area contributed by atoms with E-state index in [4.69, 9.17) is 5.11 Å². The van der Waals surface area contributed by atoms with Gasteiger partial charge in [-0.15, -0.1) is 11.3 Å². The van der Waals surface area contributed by atoms with Gasteiger partial charge < -0.3 is 20.2 Å². The Morgan fingerprint density at radius 3 is 2.52 bits per heavy atom. The molecule has 2 N–H and O–H groups in total. The average molecular weight is 457 g/mol. The number of anilines is 1. The number of nitrogens with zero attached hydrogens (tertiary/aromatic N) is 4. The molecule has 12 heteroatoms. The highest BCUT2D eigenvalue weighted by Gasteiger charge is 2.54. The van der Waals surface area contributed by atoms with E-state index in [2.05, 4.69) is 15.3 Å². The lowest BCUT2D eigenvalue weighted by Gasteiger charge is -2.60. The molecule has 2 aliphatic heterocycles. The zero-order valence-corrected chi connectivity index (χ0v) is 17.8. The molecule has 0 radical (unpaired) electrons. The minimum atomic E-state index is -4.27. The number of amides is 2. The number of aromatic nitrogens is 2. The fourth-order valence-corrected chi connectivity index (χ4v) is 5.33. The summed E-state index contributed by atoms with van der Waals surface area (Å²) in [5, 5.41) is 11.8. The molecule has 0 aliphatic carbocycles. The largest absolute Gasteiger partial charge is 0.465 e. The molecule has 4 heterocycles. The van der Waals surface area contributed by atoms with Crippen molar-refractivity contribution in [2.24, 2.45) is 5.41 Å². The Morgan fingerprint density at radius 2 is 1.90 bits per heavy atom. The minimum absolute atomic E-state index is 0.0534. The lowest BCUT2D eigenvalue weighted by atomic mass is 9.72. The summed E-state index contributed by atoms with van der Waals surface area (Å²) in [4.78, 5) is 36.1. The molecule has 0 unspecified atom stereocenters. The highest BCUT2D eigenvalue weighted by atomic mass is 32.1. The van der Waals surface area contributed by atoms with E-state index in [-0.39, 0.29) is 22.6 Å². The van der Waals surface area contributed by atoms with Crippen LogP contribution in [0.3, 0.4) is 0 Å². The van der Waals surface area contributed by atoms with Gasteiger partial charge in [0, 0.05) is 48.4 Å². The van der Waals surface area contributed by atoms with E-state index in [1.165, 1.54) is 12.4 Å². The maximum absolute atomic E-state index is 12.7. The molecule has 0 atom stereocenters. The number of nitrogens with one attached hydrogen (secondary N) is 1. The van der Waals surface area contributed by atoms with E-state index >= 15 is 0 Å². The van der Waals surface area contributed by atoms with Crippen LogP contribution >= 0.6 is 11.3 Å². The van der Waals surface area contributed by atoms with Crippen LogP contribution in [0.2, 0.25) is 0 Å². The summed E-state index contributed by atoms with van der Waals surface area (Å²) in [6.07, 6.45) is -4.99. The third-order valence-electron chi connectivity index (χ3n) is 5.53. The zero-order valence-electron chi connectivity index (χ0n) is 17.0. The highest BCUT2D eigenvalue weighted by molar-refractivity contribution is 7.18. The molecule has 1 spiro atoms. The molecule has 2 saturated heterocycles. The van der Waals surface area contributed by atoms with Crippen LogP contribution in [-0.2, 0) is 11.2 Å². The van der Waals surface area contributed by atoms with Crippen molar-refractivity contribution in [2.75, 3.05) is 31.1 Å². The second-order valence-electron chi connectivity index (χ2n) is 9.02. The summed E-state index contributed by atoms with van der Waals surface area (Å²) in [5.41, 5.74) is -0.904. The molecular formula is C19H22F3N5O3S. The Hall–Kier alpha value is -2.63. The molecule has 31 heavy (non-hydrogen) atoms. The van der Waals surface area contributed by atoms with Gasteiger partial charge in [0.05, 0.1) is 11.8 Å². The standard InChI is InChI=1S/C19H22F3N5O3S/c1-17(2,25-16(29)30)5-13(28)26-6-18(7-26)8-27(9-18)14-12-3-11(4-19(20,21)22)31-15(12)24-10-23-14/h3,10,25H,4-9H2,1-2H3,(H,29,30). The molecular weight excluding hydrogens is 435 g/mol. The van der Waals surface area contributed by atoms with Crippen LogP contribution in [-0.4, -0.2) is 69.9 Å². The second-order valence-corrected chi connectivity index (χ2v) is 10.1. The molecule has 2 amide bonds. The first-order chi connectivity index (χ1) is 14.3. The smallest absolute Gasteiger partial charge is 0.405 e. The first-order valence-corrected chi connectivity index (χ1v) is 10.5. The molecule has 2 aliphatic rings. The van der Waals surface area contributed by atoms with Crippen molar-refractivity contribution in [2.45, 2.75) is 38.4 Å². The molecule has 168 valence electrons. The Morgan fingerprint density at radius 1 is 1.23 bits per heavy atom. The number of rotatable bonds is 5. The molecule has 2 aromatic rings. The topological polar surface area (TPSA) is 98.7 Å². The number of carboxylic acid groups (broad SMARTS) is 1. The van der Waals surface area contributed by atoms with Crippen LogP contribution < -0.4 is 10.2 Å². The number of likely N-dealkylation sites (tertiary alicyclic amines) is 1.